The molecule has 1 aliphatic rings. The molecule has 1 N–H and O–H groups in total. The Labute approximate surface area is 186 Å². The van der Waals surface area contributed by atoms with Gasteiger partial charge in [0.2, 0.25) is 5.82 Å². The average Bonchev–Trinajstić information content (AvgIpc) is 3.52. The van der Waals surface area contributed by atoms with Gasteiger partial charge in [0.25, 0.3) is 5.89 Å². The van der Waals surface area contributed by atoms with Gasteiger partial charge in [-0.1, -0.05) is 29.4 Å². The molecule has 1 fully saturated rings. The Balaban J connectivity index is 1.44. The van der Waals surface area contributed by atoms with Crippen molar-refractivity contribution in [1.29, 1.82) is 5.26 Å². The van der Waals surface area contributed by atoms with Crippen LogP contribution in [0.25, 0.3) is 22.8 Å². The Morgan fingerprint density at radius 1 is 1.19 bits per heavy atom. The maximum absolute atomic E-state index is 11.2. The molecule has 8 nitrogen and oxygen atoms in total. The Morgan fingerprint density at radius 2 is 1.94 bits per heavy atom. The van der Waals surface area contributed by atoms with Crippen molar-refractivity contribution < 1.29 is 18.8 Å². The third kappa shape index (κ3) is 5.13. The molecule has 32 heavy (non-hydrogen) atoms. The first-order chi connectivity index (χ1) is 15.7. The lowest BCUT2D eigenvalue weighted by molar-refractivity contribution is -0.139. The highest BCUT2D eigenvalue weighted by atomic mass is 16.5. The second-order valence-corrected chi connectivity index (χ2v) is 7.65. The first-order valence-corrected chi connectivity index (χ1v) is 10.6. The van der Waals surface area contributed by atoms with Gasteiger partial charge in [0.1, 0.15) is 11.8 Å². The van der Waals surface area contributed by atoms with Gasteiger partial charge in [0, 0.05) is 17.7 Å². The SMILES string of the molecule is COC(=O)CNCc1ccc(-c2noc(-c3ccc(OC4CCCC4)c(C#N)c3)n2)cc1. The van der Waals surface area contributed by atoms with E-state index in [1.54, 1.807) is 12.1 Å². The molecule has 0 saturated heterocycles. The van der Waals surface area contributed by atoms with E-state index in [0.29, 0.717) is 35.1 Å². The summed E-state index contributed by atoms with van der Waals surface area (Å²) in [6, 6.07) is 15.2. The predicted octanol–water partition coefficient (Wildman–Crippen LogP) is 3.86. The van der Waals surface area contributed by atoms with Crippen LogP contribution in [0.2, 0.25) is 0 Å². The highest BCUT2D eigenvalue weighted by Crippen LogP contribution is 2.30. The summed E-state index contributed by atoms with van der Waals surface area (Å²) in [5.74, 6) is 1.09. The average molecular weight is 432 g/mol. The first-order valence-electron chi connectivity index (χ1n) is 10.6. The van der Waals surface area contributed by atoms with Gasteiger partial charge < -0.3 is 19.3 Å². The zero-order chi connectivity index (χ0) is 22.3. The summed E-state index contributed by atoms with van der Waals surface area (Å²) in [5.41, 5.74) is 2.94. The molecule has 0 amide bonds. The van der Waals surface area contributed by atoms with Crippen molar-refractivity contribution in [3.05, 3.63) is 53.6 Å². The molecule has 0 unspecified atom stereocenters. The van der Waals surface area contributed by atoms with Crippen molar-refractivity contribution in [2.45, 2.75) is 38.3 Å². The van der Waals surface area contributed by atoms with Gasteiger partial charge in [0.05, 0.1) is 25.3 Å². The third-order valence-electron chi connectivity index (χ3n) is 5.41. The molecule has 0 bridgehead atoms. The van der Waals surface area contributed by atoms with Gasteiger partial charge in [-0.15, -0.1) is 0 Å². The topological polar surface area (TPSA) is 110 Å². The van der Waals surface area contributed by atoms with Crippen LogP contribution in [-0.4, -0.2) is 35.9 Å². The van der Waals surface area contributed by atoms with Crippen molar-refractivity contribution in [1.82, 2.24) is 15.5 Å². The van der Waals surface area contributed by atoms with Crippen LogP contribution in [0.4, 0.5) is 0 Å². The molecule has 0 spiro atoms. The van der Waals surface area contributed by atoms with E-state index >= 15 is 0 Å². The van der Waals surface area contributed by atoms with Gasteiger partial charge >= 0.3 is 5.97 Å². The monoisotopic (exact) mass is 432 g/mol. The number of carbonyl (C=O) groups is 1. The number of methoxy groups -OCH3 is 1. The van der Waals surface area contributed by atoms with Crippen LogP contribution in [-0.2, 0) is 16.1 Å². The highest BCUT2D eigenvalue weighted by Gasteiger charge is 2.19. The van der Waals surface area contributed by atoms with Crippen molar-refractivity contribution in [2.75, 3.05) is 13.7 Å². The minimum atomic E-state index is -0.307. The van der Waals surface area contributed by atoms with E-state index in [2.05, 4.69) is 26.3 Å². The number of hydrogen-bond donors (Lipinski definition) is 1. The molecule has 3 aromatic rings. The van der Waals surface area contributed by atoms with Crippen LogP contribution in [0, 0.1) is 11.3 Å². The summed E-state index contributed by atoms with van der Waals surface area (Å²) in [6.45, 7) is 0.695. The highest BCUT2D eigenvalue weighted by molar-refractivity contribution is 5.71. The van der Waals surface area contributed by atoms with Gasteiger partial charge in [0.15, 0.2) is 0 Å². The van der Waals surface area contributed by atoms with Crippen molar-refractivity contribution in [3.8, 4) is 34.7 Å². The Kier molecular flexibility index (Phi) is 6.78. The molecule has 8 heteroatoms. The summed E-state index contributed by atoms with van der Waals surface area (Å²) in [4.78, 5) is 15.6. The van der Waals surface area contributed by atoms with Crippen molar-refractivity contribution in [2.24, 2.45) is 0 Å². The smallest absolute Gasteiger partial charge is 0.319 e. The summed E-state index contributed by atoms with van der Waals surface area (Å²) in [7, 11) is 1.36. The lowest BCUT2D eigenvalue weighted by Crippen LogP contribution is -2.23. The quantitative estimate of drug-likeness (QED) is 0.534. The minimum absolute atomic E-state index is 0.154. The fourth-order valence-electron chi connectivity index (χ4n) is 3.65. The molecule has 0 atom stereocenters. The van der Waals surface area contributed by atoms with Crippen LogP contribution < -0.4 is 10.1 Å². The molecular weight excluding hydrogens is 408 g/mol. The third-order valence-corrected chi connectivity index (χ3v) is 5.41. The molecule has 1 aliphatic carbocycles. The van der Waals surface area contributed by atoms with Crippen LogP contribution in [0.3, 0.4) is 0 Å². The number of carbonyl (C=O) groups excluding carboxylic acids is 1. The largest absolute Gasteiger partial charge is 0.489 e. The fourth-order valence-corrected chi connectivity index (χ4v) is 3.65. The van der Waals surface area contributed by atoms with Gasteiger partial charge in [-0.05, 0) is 49.4 Å². The van der Waals surface area contributed by atoms with Crippen molar-refractivity contribution >= 4 is 5.97 Å². The number of nitrogens with zero attached hydrogens (tertiary/aromatic N) is 3. The number of esters is 1. The van der Waals surface area contributed by atoms with Crippen LogP contribution in [0.5, 0.6) is 5.75 Å². The lowest BCUT2D eigenvalue weighted by Gasteiger charge is -2.14. The predicted molar refractivity (Wildman–Crippen MR) is 116 cm³/mol. The molecule has 1 heterocycles. The lowest BCUT2D eigenvalue weighted by atomic mass is 10.1. The van der Waals surface area contributed by atoms with E-state index in [1.807, 2.05) is 30.3 Å². The number of hydrogen-bond acceptors (Lipinski definition) is 8. The van der Waals surface area contributed by atoms with Gasteiger partial charge in [-0.3, -0.25) is 4.79 Å². The normalized spacial score (nSPS) is 13.6. The fraction of sp³-hybridized carbons (Fsp3) is 0.333. The van der Waals surface area contributed by atoms with E-state index in [4.69, 9.17) is 9.26 Å². The summed E-state index contributed by atoms with van der Waals surface area (Å²) in [5, 5.41) is 16.6. The Hall–Kier alpha value is -3.70. The molecule has 0 radical (unpaired) electrons. The standard InChI is InChI=1S/C24H24N4O4/c1-30-22(29)15-26-14-16-6-8-17(9-7-16)23-27-24(32-28-23)18-10-11-21(19(12-18)13-25)31-20-4-2-3-5-20/h6-12,20,26H,2-5,14-15H2,1H3. The molecular formula is C24H24N4O4. The molecule has 1 aromatic heterocycles. The maximum atomic E-state index is 11.2. The second-order valence-electron chi connectivity index (χ2n) is 7.65. The molecule has 164 valence electrons. The maximum Gasteiger partial charge on any atom is 0.319 e. The minimum Gasteiger partial charge on any atom is -0.489 e. The van der Waals surface area contributed by atoms with Crippen LogP contribution in [0.1, 0.15) is 36.8 Å². The van der Waals surface area contributed by atoms with E-state index in [9.17, 15) is 10.1 Å². The Bertz CT molecular complexity index is 1110. The van der Waals surface area contributed by atoms with Crippen LogP contribution in [0.15, 0.2) is 47.0 Å². The first kappa shape index (κ1) is 21.5. The molecule has 0 aliphatic heterocycles. The van der Waals surface area contributed by atoms with Crippen LogP contribution >= 0.6 is 0 Å². The summed E-state index contributed by atoms with van der Waals surface area (Å²) >= 11 is 0. The van der Waals surface area contributed by atoms with E-state index < -0.39 is 0 Å². The summed E-state index contributed by atoms with van der Waals surface area (Å²) < 4.78 is 16.0. The number of nitrogens with one attached hydrogen (secondary N) is 1. The zero-order valence-electron chi connectivity index (χ0n) is 17.8. The Morgan fingerprint density at radius 3 is 2.66 bits per heavy atom. The molecule has 2 aromatic carbocycles. The van der Waals surface area contributed by atoms with E-state index in [-0.39, 0.29) is 18.6 Å². The number of benzene rings is 2. The number of aromatic nitrogens is 2. The van der Waals surface area contributed by atoms with Crippen molar-refractivity contribution in [3.63, 3.8) is 0 Å². The number of rotatable bonds is 8. The second kappa shape index (κ2) is 10.1. The zero-order valence-corrected chi connectivity index (χ0v) is 17.8. The van der Waals surface area contributed by atoms with Gasteiger partial charge in [-0.2, -0.15) is 10.2 Å². The van der Waals surface area contributed by atoms with E-state index in [1.165, 1.54) is 20.0 Å². The summed E-state index contributed by atoms with van der Waals surface area (Å²) in [6.07, 6.45) is 4.57. The number of ether oxygens (including phenoxy) is 2. The number of nitriles is 1. The molecule has 4 rings (SSSR count). The molecule has 1 saturated carbocycles. The van der Waals surface area contributed by atoms with Gasteiger partial charge in [-0.25, -0.2) is 0 Å². The van der Waals surface area contributed by atoms with E-state index in [0.717, 1.165) is 24.0 Å².